The van der Waals surface area contributed by atoms with E-state index >= 15 is 0 Å². The van der Waals surface area contributed by atoms with Crippen molar-refractivity contribution in [2.75, 3.05) is 16.8 Å². The third-order valence-electron chi connectivity index (χ3n) is 1.78. The zero-order valence-electron chi connectivity index (χ0n) is 5.72. The van der Waals surface area contributed by atoms with Crippen LogP contribution in [0, 0.1) is 5.92 Å². The van der Waals surface area contributed by atoms with Gasteiger partial charge in [0.15, 0.2) is 9.84 Å². The molecule has 1 aliphatic heterocycles. The quantitative estimate of drug-likeness (QED) is 0.631. The van der Waals surface area contributed by atoms with Crippen molar-refractivity contribution in [2.24, 2.45) is 5.92 Å². The van der Waals surface area contributed by atoms with Gasteiger partial charge in [-0.1, -0.05) is 15.9 Å². The first-order valence-electron chi connectivity index (χ1n) is 3.40. The monoisotopic (exact) mass is 226 g/mol. The molecule has 0 spiro atoms. The molecule has 0 bridgehead atoms. The fraction of sp³-hybridized carbons (Fsp3) is 1.00. The Balaban J connectivity index is 2.56. The summed E-state index contributed by atoms with van der Waals surface area (Å²) in [4.78, 5) is 0. The third-order valence-corrected chi connectivity index (χ3v) is 4.58. The van der Waals surface area contributed by atoms with Gasteiger partial charge in [-0.05, 0) is 18.8 Å². The second kappa shape index (κ2) is 3.22. The molecule has 0 amide bonds. The molecule has 1 heterocycles. The van der Waals surface area contributed by atoms with Gasteiger partial charge < -0.3 is 0 Å². The molecular formula is C6H11BrO2S. The van der Waals surface area contributed by atoms with Crippen LogP contribution in [0.2, 0.25) is 0 Å². The first-order chi connectivity index (χ1) is 4.64. The van der Waals surface area contributed by atoms with Crippen LogP contribution in [0.5, 0.6) is 0 Å². The number of halogens is 1. The molecule has 0 aromatic heterocycles. The van der Waals surface area contributed by atoms with Gasteiger partial charge in [-0.15, -0.1) is 0 Å². The average Bonchev–Trinajstić information content (AvgIpc) is 1.86. The molecule has 1 rings (SSSR count). The molecule has 0 N–H and O–H groups in total. The van der Waals surface area contributed by atoms with E-state index in [1.165, 1.54) is 0 Å². The second-order valence-corrected chi connectivity index (χ2v) is 5.65. The van der Waals surface area contributed by atoms with Crippen LogP contribution in [0.1, 0.15) is 12.8 Å². The molecule has 0 saturated carbocycles. The summed E-state index contributed by atoms with van der Waals surface area (Å²) < 4.78 is 22.0. The lowest BCUT2D eigenvalue weighted by Gasteiger charge is -2.18. The van der Waals surface area contributed by atoms with E-state index in [0.717, 1.165) is 18.2 Å². The minimum atomic E-state index is -2.67. The van der Waals surface area contributed by atoms with Crippen LogP contribution in [0.25, 0.3) is 0 Å². The standard InChI is InChI=1S/C6H11BrO2S/c7-4-6-2-1-3-10(8,9)5-6/h6H,1-5H2. The molecule has 10 heavy (non-hydrogen) atoms. The molecule has 1 atom stereocenters. The molecule has 0 aliphatic carbocycles. The maximum atomic E-state index is 11.0. The van der Waals surface area contributed by atoms with E-state index in [0.29, 0.717) is 17.4 Å². The van der Waals surface area contributed by atoms with E-state index in [1.807, 2.05) is 0 Å². The van der Waals surface area contributed by atoms with Crippen LogP contribution < -0.4 is 0 Å². The highest BCUT2D eigenvalue weighted by molar-refractivity contribution is 9.09. The van der Waals surface area contributed by atoms with Crippen molar-refractivity contribution < 1.29 is 8.42 Å². The molecule has 60 valence electrons. The summed E-state index contributed by atoms with van der Waals surface area (Å²) in [5, 5.41) is 0.826. The first-order valence-corrected chi connectivity index (χ1v) is 6.35. The minimum Gasteiger partial charge on any atom is -0.229 e. The zero-order chi connectivity index (χ0) is 7.61. The van der Waals surface area contributed by atoms with Crippen LogP contribution in [-0.4, -0.2) is 25.3 Å². The maximum absolute atomic E-state index is 11.0. The molecule has 1 saturated heterocycles. The van der Waals surface area contributed by atoms with E-state index in [2.05, 4.69) is 15.9 Å². The van der Waals surface area contributed by atoms with Crippen molar-refractivity contribution in [3.05, 3.63) is 0 Å². The van der Waals surface area contributed by atoms with Crippen molar-refractivity contribution >= 4 is 25.8 Å². The van der Waals surface area contributed by atoms with Crippen molar-refractivity contribution in [2.45, 2.75) is 12.8 Å². The fourth-order valence-corrected chi connectivity index (χ4v) is 3.87. The lowest BCUT2D eigenvalue weighted by atomic mass is 10.1. The van der Waals surface area contributed by atoms with Crippen LogP contribution in [-0.2, 0) is 9.84 Å². The van der Waals surface area contributed by atoms with Crippen molar-refractivity contribution in [3.63, 3.8) is 0 Å². The number of hydrogen-bond donors (Lipinski definition) is 0. The SMILES string of the molecule is O=S1(=O)CCCC(CBr)C1. The Bertz CT molecular complexity index is 198. The van der Waals surface area contributed by atoms with Crippen LogP contribution >= 0.6 is 15.9 Å². The van der Waals surface area contributed by atoms with Crippen LogP contribution in [0.4, 0.5) is 0 Å². The van der Waals surface area contributed by atoms with E-state index < -0.39 is 9.84 Å². The Kier molecular flexibility index (Phi) is 2.74. The topological polar surface area (TPSA) is 34.1 Å². The summed E-state index contributed by atoms with van der Waals surface area (Å²) in [6, 6.07) is 0. The highest BCUT2D eigenvalue weighted by atomic mass is 79.9. The predicted octanol–water partition coefficient (Wildman–Crippen LogP) is 1.21. The van der Waals surface area contributed by atoms with E-state index in [9.17, 15) is 8.42 Å². The third kappa shape index (κ3) is 2.23. The van der Waals surface area contributed by atoms with Gasteiger partial charge in [0, 0.05) is 5.33 Å². The van der Waals surface area contributed by atoms with Gasteiger partial charge in [0.2, 0.25) is 0 Å². The number of alkyl halides is 1. The zero-order valence-corrected chi connectivity index (χ0v) is 8.12. The maximum Gasteiger partial charge on any atom is 0.150 e. The number of sulfone groups is 1. The van der Waals surface area contributed by atoms with Gasteiger partial charge in [-0.25, -0.2) is 8.42 Å². The van der Waals surface area contributed by atoms with E-state index in [1.54, 1.807) is 0 Å². The Morgan fingerprint density at radius 3 is 2.60 bits per heavy atom. The minimum absolute atomic E-state index is 0.360. The fourth-order valence-electron chi connectivity index (χ4n) is 1.24. The van der Waals surface area contributed by atoms with E-state index in [4.69, 9.17) is 0 Å². The van der Waals surface area contributed by atoms with Crippen molar-refractivity contribution in [1.29, 1.82) is 0 Å². The normalized spacial score (nSPS) is 31.9. The van der Waals surface area contributed by atoms with Crippen molar-refractivity contribution in [1.82, 2.24) is 0 Å². The summed E-state index contributed by atoms with van der Waals surface area (Å²) in [6.07, 6.45) is 1.91. The van der Waals surface area contributed by atoms with E-state index in [-0.39, 0.29) is 0 Å². The Morgan fingerprint density at radius 1 is 1.50 bits per heavy atom. The average molecular weight is 227 g/mol. The lowest BCUT2D eigenvalue weighted by molar-refractivity contribution is 0.522. The smallest absolute Gasteiger partial charge is 0.150 e. The first kappa shape index (κ1) is 8.53. The summed E-state index contributed by atoms with van der Waals surface area (Å²) in [5.41, 5.74) is 0. The summed E-state index contributed by atoms with van der Waals surface area (Å²) in [5.74, 6) is 1.15. The van der Waals surface area contributed by atoms with Gasteiger partial charge >= 0.3 is 0 Å². The lowest BCUT2D eigenvalue weighted by Crippen LogP contribution is -2.25. The van der Waals surface area contributed by atoms with Gasteiger partial charge in [-0.2, -0.15) is 0 Å². The highest BCUT2D eigenvalue weighted by Crippen LogP contribution is 2.19. The van der Waals surface area contributed by atoms with Crippen molar-refractivity contribution in [3.8, 4) is 0 Å². The molecule has 2 nitrogen and oxygen atoms in total. The van der Waals surface area contributed by atoms with Gasteiger partial charge in [-0.3, -0.25) is 0 Å². The Hall–Kier alpha value is 0.430. The predicted molar refractivity (Wildman–Crippen MR) is 45.2 cm³/mol. The van der Waals surface area contributed by atoms with Crippen LogP contribution in [0.15, 0.2) is 0 Å². The molecule has 1 unspecified atom stereocenters. The highest BCUT2D eigenvalue weighted by Gasteiger charge is 2.23. The molecule has 0 aromatic rings. The molecule has 1 aliphatic rings. The summed E-state index contributed by atoms with van der Waals surface area (Å²) in [7, 11) is -2.67. The van der Waals surface area contributed by atoms with Gasteiger partial charge in [0.25, 0.3) is 0 Å². The Labute approximate surface area is 70.1 Å². The number of hydrogen-bond acceptors (Lipinski definition) is 2. The molecular weight excluding hydrogens is 216 g/mol. The largest absolute Gasteiger partial charge is 0.229 e. The van der Waals surface area contributed by atoms with Gasteiger partial charge in [0.05, 0.1) is 11.5 Å². The molecule has 1 fully saturated rings. The molecule has 0 radical (unpaired) electrons. The number of rotatable bonds is 1. The Morgan fingerprint density at radius 2 is 2.20 bits per heavy atom. The summed E-state index contributed by atoms with van der Waals surface area (Å²) in [6.45, 7) is 0. The van der Waals surface area contributed by atoms with Crippen LogP contribution in [0.3, 0.4) is 0 Å². The van der Waals surface area contributed by atoms with Gasteiger partial charge in [0.1, 0.15) is 0 Å². The summed E-state index contributed by atoms with van der Waals surface area (Å²) >= 11 is 3.30. The second-order valence-electron chi connectivity index (χ2n) is 2.78. The molecule has 4 heteroatoms. The molecule has 0 aromatic carbocycles.